The quantitative estimate of drug-likeness (QED) is 0.701. The second-order valence-electron chi connectivity index (χ2n) is 6.87. The molecule has 6 nitrogen and oxygen atoms in total. The second kappa shape index (κ2) is 6.87. The molecule has 0 unspecified atom stereocenters. The molecule has 1 fully saturated rings. The fourth-order valence-electron chi connectivity index (χ4n) is 3.37. The monoisotopic (exact) mass is 363 g/mol. The minimum atomic E-state index is -1.05. The lowest BCUT2D eigenvalue weighted by Crippen LogP contribution is -2.23. The lowest BCUT2D eigenvalue weighted by Gasteiger charge is -2.08. The molecule has 2 N–H and O–H groups in total. The van der Waals surface area contributed by atoms with Gasteiger partial charge in [-0.25, -0.2) is 9.78 Å². The number of carboxylic acid groups (broad SMARTS) is 1. The minimum Gasteiger partial charge on any atom is -0.478 e. The fraction of sp³-hybridized carbons (Fsp3) is 0.286. The molecular weight excluding hydrogens is 342 g/mol. The molecule has 0 bridgehead atoms. The van der Waals surface area contributed by atoms with E-state index in [-0.39, 0.29) is 11.5 Å². The zero-order valence-corrected chi connectivity index (χ0v) is 15.1. The zero-order chi connectivity index (χ0) is 19.0. The summed E-state index contributed by atoms with van der Waals surface area (Å²) in [5.41, 5.74) is 3.51. The molecule has 2 aromatic carbocycles. The number of hydrogen-bond acceptors (Lipinski definition) is 3. The Hall–Kier alpha value is -3.15. The lowest BCUT2D eigenvalue weighted by atomic mass is 10.1. The van der Waals surface area contributed by atoms with Crippen molar-refractivity contribution in [3.63, 3.8) is 0 Å². The van der Waals surface area contributed by atoms with E-state index in [2.05, 4.69) is 22.9 Å². The molecule has 138 valence electrons. The number of aryl methyl sites for hydroxylation is 1. The van der Waals surface area contributed by atoms with E-state index >= 15 is 0 Å². The third-order valence-electron chi connectivity index (χ3n) is 4.88. The smallest absolute Gasteiger partial charge is 0.335 e. The number of carbonyl (C=O) groups excluding carboxylic acids is 1. The van der Waals surface area contributed by atoms with Crippen LogP contribution in [-0.2, 0) is 13.0 Å². The summed E-state index contributed by atoms with van der Waals surface area (Å²) < 4.78 is 2.34. The van der Waals surface area contributed by atoms with Gasteiger partial charge < -0.3 is 15.0 Å². The fourth-order valence-corrected chi connectivity index (χ4v) is 3.37. The maximum absolute atomic E-state index is 12.3. The van der Waals surface area contributed by atoms with Crippen LogP contribution in [-0.4, -0.2) is 26.5 Å². The van der Waals surface area contributed by atoms with Gasteiger partial charge in [-0.1, -0.05) is 19.1 Å². The first-order valence-electron chi connectivity index (χ1n) is 9.18. The third-order valence-corrected chi connectivity index (χ3v) is 4.88. The lowest BCUT2D eigenvalue weighted by molar-refractivity contribution is 0.0697. The highest BCUT2D eigenvalue weighted by atomic mass is 16.4. The van der Waals surface area contributed by atoms with Crippen molar-refractivity contribution in [1.29, 1.82) is 0 Å². The van der Waals surface area contributed by atoms with Crippen LogP contribution in [0.2, 0.25) is 0 Å². The molecule has 3 aromatic rings. The Kier molecular flexibility index (Phi) is 4.39. The molecule has 0 atom stereocenters. The third kappa shape index (κ3) is 3.43. The van der Waals surface area contributed by atoms with E-state index in [0.717, 1.165) is 28.8 Å². The van der Waals surface area contributed by atoms with Gasteiger partial charge in [-0.2, -0.15) is 0 Å². The summed E-state index contributed by atoms with van der Waals surface area (Å²) >= 11 is 0. The molecular formula is C21H21N3O3. The number of aromatic nitrogens is 2. The van der Waals surface area contributed by atoms with Gasteiger partial charge in [0.2, 0.25) is 0 Å². The molecule has 0 spiro atoms. The van der Waals surface area contributed by atoms with Gasteiger partial charge in [0, 0.05) is 24.6 Å². The first-order valence-corrected chi connectivity index (χ1v) is 9.18. The van der Waals surface area contributed by atoms with E-state index in [4.69, 9.17) is 10.1 Å². The molecule has 0 saturated heterocycles. The van der Waals surface area contributed by atoms with Gasteiger partial charge in [0.05, 0.1) is 16.6 Å². The molecule has 0 radical (unpaired) electrons. The summed E-state index contributed by atoms with van der Waals surface area (Å²) in [6.07, 6.45) is 3.33. The van der Waals surface area contributed by atoms with Crippen molar-refractivity contribution < 1.29 is 14.7 Å². The van der Waals surface area contributed by atoms with Gasteiger partial charge in [-0.15, -0.1) is 0 Å². The van der Waals surface area contributed by atoms with E-state index in [1.165, 1.54) is 25.0 Å². The molecule has 1 aliphatic carbocycles. The number of carbonyl (C=O) groups is 2. The molecule has 27 heavy (non-hydrogen) atoms. The number of rotatable bonds is 6. The van der Waals surface area contributed by atoms with Crippen LogP contribution < -0.4 is 5.32 Å². The highest BCUT2D eigenvalue weighted by Gasteiger charge is 2.27. The predicted molar refractivity (Wildman–Crippen MR) is 102 cm³/mol. The van der Waals surface area contributed by atoms with Crippen LogP contribution in [0.25, 0.3) is 11.0 Å². The summed E-state index contributed by atoms with van der Waals surface area (Å²) in [6, 6.07) is 12.7. The number of imidazole rings is 1. The summed E-state index contributed by atoms with van der Waals surface area (Å²) in [5.74, 6) is -0.233. The SMILES string of the molecule is CCc1nc2cc(CNC(=O)c3cccc(C(=O)O)c3)ccc2n1C1CC1. The topological polar surface area (TPSA) is 84.2 Å². The molecule has 1 aromatic heterocycles. The van der Waals surface area contributed by atoms with Gasteiger partial charge >= 0.3 is 5.97 Å². The van der Waals surface area contributed by atoms with E-state index in [1.807, 2.05) is 12.1 Å². The molecule has 1 saturated carbocycles. The molecule has 1 heterocycles. The number of aromatic carboxylic acids is 1. The number of fused-ring (bicyclic) bond motifs is 1. The van der Waals surface area contributed by atoms with E-state index in [1.54, 1.807) is 12.1 Å². The van der Waals surface area contributed by atoms with E-state index < -0.39 is 5.97 Å². The molecule has 1 amide bonds. The number of carboxylic acids is 1. The zero-order valence-electron chi connectivity index (χ0n) is 15.1. The van der Waals surface area contributed by atoms with Crippen molar-refractivity contribution in [1.82, 2.24) is 14.9 Å². The van der Waals surface area contributed by atoms with Crippen LogP contribution in [0.1, 0.15) is 57.9 Å². The Morgan fingerprint density at radius 1 is 1.19 bits per heavy atom. The van der Waals surface area contributed by atoms with Crippen LogP contribution in [0.4, 0.5) is 0 Å². The number of hydrogen-bond donors (Lipinski definition) is 2. The van der Waals surface area contributed by atoms with Crippen molar-refractivity contribution in [2.24, 2.45) is 0 Å². The molecule has 1 aliphatic rings. The summed E-state index contributed by atoms with van der Waals surface area (Å²) in [7, 11) is 0. The first-order chi connectivity index (χ1) is 13.1. The number of nitrogens with one attached hydrogen (secondary N) is 1. The van der Waals surface area contributed by atoms with Crippen LogP contribution in [0.5, 0.6) is 0 Å². The Morgan fingerprint density at radius 2 is 1.96 bits per heavy atom. The predicted octanol–water partition coefficient (Wildman–Crippen LogP) is 3.56. The minimum absolute atomic E-state index is 0.0989. The largest absolute Gasteiger partial charge is 0.478 e. The van der Waals surface area contributed by atoms with Gasteiger partial charge in [0.15, 0.2) is 0 Å². The standard InChI is InChI=1S/C21H21N3O3/c1-2-19-23-17-10-13(6-9-18(17)24(19)16-7-8-16)12-22-20(25)14-4-3-5-15(11-14)21(26)27/h3-6,9-11,16H,2,7-8,12H2,1H3,(H,22,25)(H,26,27). The van der Waals surface area contributed by atoms with Gasteiger partial charge in [-0.05, 0) is 48.7 Å². The maximum Gasteiger partial charge on any atom is 0.335 e. The average Bonchev–Trinajstić information content (AvgIpc) is 3.45. The van der Waals surface area contributed by atoms with E-state index in [9.17, 15) is 9.59 Å². The van der Waals surface area contributed by atoms with Crippen LogP contribution >= 0.6 is 0 Å². The molecule has 0 aliphatic heterocycles. The summed E-state index contributed by atoms with van der Waals surface area (Å²) in [5, 5.41) is 11.9. The summed E-state index contributed by atoms with van der Waals surface area (Å²) in [6.45, 7) is 2.48. The van der Waals surface area contributed by atoms with Crippen molar-refractivity contribution in [3.8, 4) is 0 Å². The molecule has 4 rings (SSSR count). The van der Waals surface area contributed by atoms with E-state index in [0.29, 0.717) is 18.2 Å². The van der Waals surface area contributed by atoms with Crippen LogP contribution in [0.15, 0.2) is 42.5 Å². The number of nitrogens with zero attached hydrogens (tertiary/aromatic N) is 2. The summed E-state index contributed by atoms with van der Waals surface area (Å²) in [4.78, 5) is 28.1. The molecule has 6 heteroatoms. The number of benzene rings is 2. The normalized spacial score (nSPS) is 13.7. The Balaban J connectivity index is 1.51. The number of amides is 1. The van der Waals surface area contributed by atoms with Gasteiger partial charge in [0.25, 0.3) is 5.91 Å². The van der Waals surface area contributed by atoms with Gasteiger partial charge in [-0.3, -0.25) is 4.79 Å². The van der Waals surface area contributed by atoms with Crippen molar-refractivity contribution in [3.05, 3.63) is 65.0 Å². The maximum atomic E-state index is 12.3. The van der Waals surface area contributed by atoms with Crippen LogP contribution in [0, 0.1) is 0 Å². The van der Waals surface area contributed by atoms with Crippen LogP contribution in [0.3, 0.4) is 0 Å². The highest BCUT2D eigenvalue weighted by Crippen LogP contribution is 2.38. The van der Waals surface area contributed by atoms with Crippen molar-refractivity contribution in [2.45, 2.75) is 38.8 Å². The Labute approximate surface area is 156 Å². The Bertz CT molecular complexity index is 1030. The van der Waals surface area contributed by atoms with Crippen molar-refractivity contribution >= 4 is 22.9 Å². The highest BCUT2D eigenvalue weighted by molar-refractivity contribution is 5.97. The van der Waals surface area contributed by atoms with Gasteiger partial charge in [0.1, 0.15) is 5.82 Å². The first kappa shape index (κ1) is 17.3. The van der Waals surface area contributed by atoms with Crippen molar-refractivity contribution in [2.75, 3.05) is 0 Å². The Morgan fingerprint density at radius 3 is 2.67 bits per heavy atom. The average molecular weight is 363 g/mol. The second-order valence-corrected chi connectivity index (χ2v) is 6.87.